The molecule has 116 valence electrons. The molecule has 0 amide bonds. The van der Waals surface area contributed by atoms with Gasteiger partial charge >= 0.3 is 5.97 Å². The molecule has 1 aromatic carbocycles. The Morgan fingerprint density at radius 3 is 2.81 bits per heavy atom. The number of halogens is 1. The lowest BCUT2D eigenvalue weighted by Crippen LogP contribution is -2.25. The standard InChI is InChI=1S/C15H19ClO5/c1-4-18-14(17)10-5-6-13(12(16)7-10)19-8-11-9-20-15(2,3)21-11/h5-7,11H,4,8-9H2,1-3H3. The summed E-state index contributed by atoms with van der Waals surface area (Å²) in [5.74, 6) is -0.482. The van der Waals surface area contributed by atoms with Crippen molar-refractivity contribution < 1.29 is 23.7 Å². The Morgan fingerprint density at radius 2 is 2.24 bits per heavy atom. The highest BCUT2D eigenvalue weighted by Gasteiger charge is 2.33. The van der Waals surface area contributed by atoms with Crippen LogP contribution < -0.4 is 4.74 Å². The first kappa shape index (κ1) is 16.1. The van der Waals surface area contributed by atoms with Crippen molar-refractivity contribution >= 4 is 17.6 Å². The van der Waals surface area contributed by atoms with E-state index in [1.807, 2.05) is 13.8 Å². The maximum absolute atomic E-state index is 11.6. The molecule has 0 aromatic heterocycles. The Balaban J connectivity index is 1.94. The predicted molar refractivity (Wildman–Crippen MR) is 77.8 cm³/mol. The van der Waals surface area contributed by atoms with Crippen LogP contribution in [-0.2, 0) is 14.2 Å². The number of hydrogen-bond acceptors (Lipinski definition) is 5. The molecule has 0 N–H and O–H groups in total. The summed E-state index contributed by atoms with van der Waals surface area (Å²) in [6.07, 6.45) is -0.138. The van der Waals surface area contributed by atoms with Gasteiger partial charge in [0.15, 0.2) is 5.79 Å². The summed E-state index contributed by atoms with van der Waals surface area (Å²) in [7, 11) is 0. The number of hydrogen-bond donors (Lipinski definition) is 0. The fraction of sp³-hybridized carbons (Fsp3) is 0.533. The number of esters is 1. The van der Waals surface area contributed by atoms with Crippen molar-refractivity contribution in [1.29, 1.82) is 0 Å². The second kappa shape index (κ2) is 6.64. The number of rotatable bonds is 5. The fourth-order valence-electron chi connectivity index (χ4n) is 1.99. The normalized spacial score (nSPS) is 20.3. The topological polar surface area (TPSA) is 54.0 Å². The van der Waals surface area contributed by atoms with E-state index in [1.165, 1.54) is 6.07 Å². The molecule has 1 heterocycles. The Hall–Kier alpha value is -1.30. The summed E-state index contributed by atoms with van der Waals surface area (Å²) in [5, 5.41) is 0.360. The van der Waals surface area contributed by atoms with Crippen molar-refractivity contribution in [2.75, 3.05) is 19.8 Å². The predicted octanol–water partition coefficient (Wildman–Crippen LogP) is 3.05. The summed E-state index contributed by atoms with van der Waals surface area (Å²) in [6.45, 7) is 6.60. The van der Waals surface area contributed by atoms with Gasteiger partial charge in [-0.3, -0.25) is 0 Å². The lowest BCUT2D eigenvalue weighted by atomic mass is 10.2. The Kier molecular flexibility index (Phi) is 5.08. The molecule has 6 heteroatoms. The van der Waals surface area contributed by atoms with E-state index in [2.05, 4.69) is 0 Å². The average molecular weight is 315 g/mol. The third-order valence-corrected chi connectivity index (χ3v) is 3.23. The summed E-state index contributed by atoms with van der Waals surface area (Å²) >= 11 is 6.11. The lowest BCUT2D eigenvalue weighted by molar-refractivity contribution is -0.141. The van der Waals surface area contributed by atoms with Gasteiger partial charge in [-0.1, -0.05) is 11.6 Å². The highest BCUT2D eigenvalue weighted by Crippen LogP contribution is 2.28. The van der Waals surface area contributed by atoms with Crippen LogP contribution in [0.2, 0.25) is 5.02 Å². The molecule has 2 rings (SSSR count). The van der Waals surface area contributed by atoms with Gasteiger partial charge in [0.25, 0.3) is 0 Å². The van der Waals surface area contributed by atoms with Gasteiger partial charge in [0.1, 0.15) is 18.5 Å². The van der Waals surface area contributed by atoms with Gasteiger partial charge in [0.05, 0.1) is 23.8 Å². The monoisotopic (exact) mass is 314 g/mol. The van der Waals surface area contributed by atoms with Crippen molar-refractivity contribution in [3.8, 4) is 5.75 Å². The van der Waals surface area contributed by atoms with Crippen LogP contribution in [0.15, 0.2) is 18.2 Å². The van der Waals surface area contributed by atoms with Gasteiger partial charge < -0.3 is 18.9 Å². The van der Waals surface area contributed by atoms with Crippen LogP contribution >= 0.6 is 11.6 Å². The SMILES string of the molecule is CCOC(=O)c1ccc(OCC2COC(C)(C)O2)c(Cl)c1. The molecule has 1 aliphatic rings. The smallest absolute Gasteiger partial charge is 0.338 e. The van der Waals surface area contributed by atoms with Crippen LogP contribution in [0.4, 0.5) is 0 Å². The molecule has 0 aliphatic carbocycles. The highest BCUT2D eigenvalue weighted by molar-refractivity contribution is 6.32. The summed E-state index contributed by atoms with van der Waals surface area (Å²) in [4.78, 5) is 11.6. The van der Waals surface area contributed by atoms with E-state index in [0.29, 0.717) is 36.2 Å². The van der Waals surface area contributed by atoms with Gasteiger partial charge in [-0.15, -0.1) is 0 Å². The van der Waals surface area contributed by atoms with Gasteiger partial charge in [0.2, 0.25) is 0 Å². The maximum atomic E-state index is 11.6. The maximum Gasteiger partial charge on any atom is 0.338 e. The zero-order valence-corrected chi connectivity index (χ0v) is 13.1. The van der Waals surface area contributed by atoms with E-state index in [0.717, 1.165) is 0 Å². The third kappa shape index (κ3) is 4.33. The van der Waals surface area contributed by atoms with Crippen LogP contribution in [-0.4, -0.2) is 37.7 Å². The zero-order valence-electron chi connectivity index (χ0n) is 12.3. The number of carbonyl (C=O) groups is 1. The second-order valence-corrected chi connectivity index (χ2v) is 5.53. The van der Waals surface area contributed by atoms with Gasteiger partial charge in [0, 0.05) is 0 Å². The van der Waals surface area contributed by atoms with E-state index in [9.17, 15) is 4.79 Å². The molecule has 1 atom stereocenters. The summed E-state index contributed by atoms with van der Waals surface area (Å²) < 4.78 is 21.6. The molecule has 0 bridgehead atoms. The first-order chi connectivity index (χ1) is 9.91. The molecule has 1 unspecified atom stereocenters. The number of benzene rings is 1. The Labute approximate surface area is 129 Å². The van der Waals surface area contributed by atoms with Crippen molar-refractivity contribution in [3.63, 3.8) is 0 Å². The fourth-order valence-corrected chi connectivity index (χ4v) is 2.22. The molecule has 21 heavy (non-hydrogen) atoms. The molecule has 1 aromatic rings. The summed E-state index contributed by atoms with van der Waals surface area (Å²) in [5.41, 5.74) is 0.399. The second-order valence-electron chi connectivity index (χ2n) is 5.13. The van der Waals surface area contributed by atoms with E-state index in [-0.39, 0.29) is 6.10 Å². The Morgan fingerprint density at radius 1 is 1.48 bits per heavy atom. The van der Waals surface area contributed by atoms with Crippen molar-refractivity contribution in [2.45, 2.75) is 32.7 Å². The first-order valence-corrected chi connectivity index (χ1v) is 7.20. The molecule has 1 fully saturated rings. The molecule has 0 saturated carbocycles. The summed E-state index contributed by atoms with van der Waals surface area (Å²) in [6, 6.07) is 4.80. The van der Waals surface area contributed by atoms with Crippen LogP contribution in [0.1, 0.15) is 31.1 Å². The van der Waals surface area contributed by atoms with E-state index in [1.54, 1.807) is 19.1 Å². The molecule has 1 aliphatic heterocycles. The molecule has 0 spiro atoms. The van der Waals surface area contributed by atoms with Gasteiger partial charge in [-0.25, -0.2) is 4.79 Å². The van der Waals surface area contributed by atoms with E-state index in [4.69, 9.17) is 30.5 Å². The first-order valence-electron chi connectivity index (χ1n) is 6.82. The number of carbonyl (C=O) groups excluding carboxylic acids is 1. The number of ether oxygens (including phenoxy) is 4. The largest absolute Gasteiger partial charge is 0.489 e. The molecule has 0 radical (unpaired) electrons. The minimum atomic E-state index is -0.578. The third-order valence-electron chi connectivity index (χ3n) is 2.94. The molecule has 1 saturated heterocycles. The van der Waals surface area contributed by atoms with Crippen LogP contribution in [0, 0.1) is 0 Å². The minimum absolute atomic E-state index is 0.138. The van der Waals surface area contributed by atoms with Crippen molar-refractivity contribution in [1.82, 2.24) is 0 Å². The molecular weight excluding hydrogens is 296 g/mol. The van der Waals surface area contributed by atoms with E-state index < -0.39 is 11.8 Å². The Bertz CT molecular complexity index is 515. The molecule has 5 nitrogen and oxygen atoms in total. The minimum Gasteiger partial charge on any atom is -0.489 e. The molecular formula is C15H19ClO5. The highest BCUT2D eigenvalue weighted by atomic mass is 35.5. The van der Waals surface area contributed by atoms with Crippen LogP contribution in [0.3, 0.4) is 0 Å². The quantitative estimate of drug-likeness (QED) is 0.782. The lowest BCUT2D eigenvalue weighted by Gasteiger charge is -2.17. The van der Waals surface area contributed by atoms with E-state index >= 15 is 0 Å². The van der Waals surface area contributed by atoms with Crippen molar-refractivity contribution in [3.05, 3.63) is 28.8 Å². The van der Waals surface area contributed by atoms with Crippen molar-refractivity contribution in [2.24, 2.45) is 0 Å². The zero-order chi connectivity index (χ0) is 15.5. The van der Waals surface area contributed by atoms with Gasteiger partial charge in [-0.2, -0.15) is 0 Å². The average Bonchev–Trinajstić information content (AvgIpc) is 2.77. The van der Waals surface area contributed by atoms with Crippen LogP contribution in [0.5, 0.6) is 5.75 Å². The van der Waals surface area contributed by atoms with Crippen LogP contribution in [0.25, 0.3) is 0 Å². The van der Waals surface area contributed by atoms with Gasteiger partial charge in [-0.05, 0) is 39.0 Å².